The van der Waals surface area contributed by atoms with E-state index in [2.05, 4.69) is 0 Å². The highest BCUT2D eigenvalue weighted by Gasteiger charge is 2.39. The van der Waals surface area contributed by atoms with Crippen LogP contribution in [0.3, 0.4) is 0 Å². The van der Waals surface area contributed by atoms with Gasteiger partial charge < -0.3 is 22.4 Å². The topological polar surface area (TPSA) is 44.8 Å². The van der Waals surface area contributed by atoms with Gasteiger partial charge >= 0.3 is 17.2 Å². The molecule has 6 rings (SSSR count). The van der Waals surface area contributed by atoms with Crippen molar-refractivity contribution in [3.63, 3.8) is 0 Å². The smallest absolute Gasteiger partial charge is 0.489 e. The lowest BCUT2D eigenvalue weighted by molar-refractivity contribution is 0.306. The molecule has 14 heteroatoms. The summed E-state index contributed by atoms with van der Waals surface area (Å²) < 4.78 is 130. The second-order valence-corrected chi connectivity index (χ2v) is 13.1. The lowest BCUT2D eigenvalue weighted by atomic mass is 9.79. The first kappa shape index (κ1) is 37.6. The van der Waals surface area contributed by atoms with E-state index < -0.39 is 51.7 Å². The zero-order valence-electron chi connectivity index (χ0n) is 26.8. The molecule has 268 valence electrons. The molecule has 0 saturated heterocycles. The van der Waals surface area contributed by atoms with Crippen LogP contribution in [0.4, 0.5) is 34.9 Å². The van der Waals surface area contributed by atoms with Crippen molar-refractivity contribution in [1.29, 1.82) is 0 Å². The van der Waals surface area contributed by atoms with E-state index in [0.717, 1.165) is 11.1 Å². The summed E-state index contributed by atoms with van der Waals surface area (Å²) >= 11 is 0. The summed E-state index contributed by atoms with van der Waals surface area (Å²) in [5, 5.41) is 0. The lowest BCUT2D eigenvalue weighted by Crippen LogP contribution is -2.41. The Bertz CT molecular complexity index is 2000. The third kappa shape index (κ3) is 9.18. The summed E-state index contributed by atoms with van der Waals surface area (Å²) in [4.78, 5) is 1.11. The molecule has 0 aliphatic rings. The fourth-order valence-corrected chi connectivity index (χ4v) is 6.50. The minimum atomic E-state index is -6.30. The third-order valence-corrected chi connectivity index (χ3v) is 9.51. The Hall–Kier alpha value is -5.63. The summed E-state index contributed by atoms with van der Waals surface area (Å²) in [6.45, 7) is -5.39. The molecule has 0 bridgehead atoms. The Balaban J connectivity index is 0.000000293. The molecule has 0 aromatic heterocycles. The summed E-state index contributed by atoms with van der Waals surface area (Å²) in [7, 11) is -3.08. The second kappa shape index (κ2) is 16.6. The van der Waals surface area contributed by atoms with Crippen LogP contribution in [0.25, 0.3) is 0 Å². The van der Waals surface area contributed by atoms with Crippen LogP contribution in [-0.4, -0.2) is 6.98 Å². The van der Waals surface area contributed by atoms with E-state index in [1.165, 1.54) is 0 Å². The van der Waals surface area contributed by atoms with Crippen molar-refractivity contribution in [2.75, 3.05) is 0 Å². The number of ether oxygens (including phenoxy) is 2. The highest BCUT2D eigenvalue weighted by molar-refractivity contribution is 7.99. The lowest BCUT2D eigenvalue weighted by Gasteiger charge is -2.17. The molecule has 0 aliphatic carbocycles. The number of rotatable bonds is 11. The molecule has 4 nitrogen and oxygen atoms in total. The molecule has 6 aromatic carbocycles. The van der Waals surface area contributed by atoms with Gasteiger partial charge in [-0.05, 0) is 57.2 Å². The normalized spacial score (nSPS) is 11.3. The van der Waals surface area contributed by atoms with Gasteiger partial charge in [0.05, 0.1) is 0 Å². The number of halogens is 8. The second-order valence-electron chi connectivity index (χ2n) is 10.9. The molecule has 0 atom stereocenters. The van der Waals surface area contributed by atoms with E-state index in [-0.39, 0.29) is 0 Å². The van der Waals surface area contributed by atoms with Gasteiger partial charge in [0.25, 0.3) is 0 Å². The Morgan fingerprint density at radius 3 is 1.15 bits per heavy atom. The van der Waals surface area contributed by atoms with Gasteiger partial charge in [0.15, 0.2) is 23.2 Å². The SMILES string of the molecule is Fc1c(F)c(F)c([B-](F)(F)F)c(F)c1F.O=[S+](Oc1ccccc1)(c1ccc(OCc2ccccc2)cc1)c1ccc(OCc2ccccc2)cc1. The summed E-state index contributed by atoms with van der Waals surface area (Å²) in [5.74, 6) is -11.6. The Morgan fingerprint density at radius 2 is 0.788 bits per heavy atom. The molecule has 0 N–H and O–H groups in total. The Kier molecular flexibility index (Phi) is 12.0. The molecular formula is C38H27BF8O4S. The summed E-state index contributed by atoms with van der Waals surface area (Å²) in [6, 6.07) is 43.6. The number of hydrogen-bond acceptors (Lipinski definition) is 4. The molecule has 0 fully saturated rings. The first-order chi connectivity index (χ1) is 24.9. The van der Waals surface area contributed by atoms with Crippen LogP contribution in [0.5, 0.6) is 17.2 Å². The van der Waals surface area contributed by atoms with E-state index >= 15 is 0 Å². The zero-order valence-corrected chi connectivity index (χ0v) is 27.7. The van der Waals surface area contributed by atoms with Crippen LogP contribution < -0.4 is 19.1 Å². The van der Waals surface area contributed by atoms with Gasteiger partial charge in [0.1, 0.15) is 36.3 Å². The molecule has 0 amide bonds. The largest absolute Gasteiger partial charge is 0.515 e. The van der Waals surface area contributed by atoms with Crippen LogP contribution in [-0.2, 0) is 27.6 Å². The van der Waals surface area contributed by atoms with E-state index in [9.17, 15) is 39.1 Å². The zero-order chi connectivity index (χ0) is 37.3. The molecule has 0 saturated carbocycles. The fraction of sp³-hybridized carbons (Fsp3) is 0.0526. The van der Waals surface area contributed by atoms with Crippen molar-refractivity contribution >= 4 is 22.7 Å². The highest BCUT2D eigenvalue weighted by Crippen LogP contribution is 2.34. The van der Waals surface area contributed by atoms with Crippen molar-refractivity contribution < 1.29 is 52.8 Å². The molecule has 52 heavy (non-hydrogen) atoms. The number of para-hydroxylation sites is 1. The first-order valence-electron chi connectivity index (χ1n) is 15.4. The summed E-state index contributed by atoms with van der Waals surface area (Å²) in [6.07, 6.45) is 0. The number of benzene rings is 6. The van der Waals surface area contributed by atoms with Crippen LogP contribution in [0.15, 0.2) is 149 Å². The molecule has 0 spiro atoms. The van der Waals surface area contributed by atoms with Crippen LogP contribution in [0, 0.1) is 29.1 Å². The van der Waals surface area contributed by atoms with Gasteiger partial charge in [0.2, 0.25) is 9.79 Å². The van der Waals surface area contributed by atoms with Gasteiger partial charge in [0, 0.05) is 24.3 Å². The van der Waals surface area contributed by atoms with Gasteiger partial charge in [-0.25, -0.2) is 22.0 Å². The van der Waals surface area contributed by atoms with E-state index in [1.807, 2.05) is 103 Å². The van der Waals surface area contributed by atoms with Gasteiger partial charge in [-0.1, -0.05) is 78.9 Å². The fourth-order valence-electron chi connectivity index (χ4n) is 4.66. The predicted octanol–water partition coefficient (Wildman–Crippen LogP) is 10.2. The van der Waals surface area contributed by atoms with Gasteiger partial charge in [-0.15, -0.1) is 0 Å². The molecule has 6 aromatic rings. The van der Waals surface area contributed by atoms with Gasteiger partial charge in [-0.3, -0.25) is 4.18 Å². The predicted molar refractivity (Wildman–Crippen MR) is 181 cm³/mol. The van der Waals surface area contributed by atoms with Crippen LogP contribution >= 0.6 is 0 Å². The van der Waals surface area contributed by atoms with Gasteiger partial charge in [-0.2, -0.15) is 0 Å². The maximum Gasteiger partial charge on any atom is 0.515 e. The van der Waals surface area contributed by atoms with Crippen molar-refractivity contribution in [2.24, 2.45) is 0 Å². The minimum absolute atomic E-state index is 0.459. The average Bonchev–Trinajstić information content (AvgIpc) is 3.16. The molecule has 0 unspecified atom stereocenters. The maximum atomic E-state index is 14.4. The van der Waals surface area contributed by atoms with Crippen molar-refractivity contribution in [3.8, 4) is 17.2 Å². The average molecular weight is 742 g/mol. The van der Waals surface area contributed by atoms with E-state index in [0.29, 0.717) is 40.3 Å². The van der Waals surface area contributed by atoms with E-state index in [4.69, 9.17) is 13.7 Å². The van der Waals surface area contributed by atoms with Crippen LogP contribution in [0.1, 0.15) is 11.1 Å². The number of hydrogen-bond donors (Lipinski definition) is 0. The Labute approximate surface area is 294 Å². The van der Waals surface area contributed by atoms with Crippen molar-refractivity contribution in [1.82, 2.24) is 0 Å². The van der Waals surface area contributed by atoms with Crippen molar-refractivity contribution in [2.45, 2.75) is 23.0 Å². The Morgan fingerprint density at radius 1 is 0.442 bits per heavy atom. The standard InChI is InChI=1S/C32H27O4S.C6BF8/c33-37(36-30-14-8-3-9-15-30,31-20-16-28(17-21-31)34-24-26-10-4-1-5-11-26)32-22-18-29(19-23-32)35-25-27-12-6-2-7-13-27;8-2-1(7(13,14)15)3(9)5(11)6(12)4(2)10/h1-23H,24-25H2;/q+1;-1. The summed E-state index contributed by atoms with van der Waals surface area (Å²) in [5.41, 5.74) is -0.568. The first-order valence-corrected chi connectivity index (χ1v) is 16.9. The minimum Gasteiger partial charge on any atom is -0.489 e. The molecule has 0 heterocycles. The third-order valence-electron chi connectivity index (χ3n) is 7.29. The van der Waals surface area contributed by atoms with E-state index in [1.54, 1.807) is 36.4 Å². The van der Waals surface area contributed by atoms with Crippen LogP contribution in [0.2, 0.25) is 0 Å². The maximum absolute atomic E-state index is 14.4. The molecule has 0 aliphatic heterocycles. The molecule has 0 radical (unpaired) electrons. The van der Waals surface area contributed by atoms with Crippen molar-refractivity contribution in [3.05, 3.63) is 180 Å². The monoisotopic (exact) mass is 742 g/mol. The quantitative estimate of drug-likeness (QED) is 0.0436. The highest BCUT2D eigenvalue weighted by atomic mass is 32.3. The molecular weight excluding hydrogens is 715 g/mol.